The zero-order valence-corrected chi connectivity index (χ0v) is 12.5. The van der Waals surface area contributed by atoms with Crippen molar-refractivity contribution in [2.45, 2.75) is 19.4 Å². The average Bonchev–Trinajstić information content (AvgIpc) is 2.92. The van der Waals surface area contributed by atoms with Crippen LogP contribution in [-0.2, 0) is 0 Å². The molecule has 0 aliphatic rings. The Morgan fingerprint density at radius 2 is 2.19 bits per heavy atom. The van der Waals surface area contributed by atoms with Crippen LogP contribution in [0.1, 0.15) is 23.7 Å². The second kappa shape index (κ2) is 6.33. The minimum absolute atomic E-state index is 0.132. The molecule has 0 fully saturated rings. The first kappa shape index (κ1) is 14.9. The summed E-state index contributed by atoms with van der Waals surface area (Å²) in [5.74, 6) is 0.248. The predicted octanol–water partition coefficient (Wildman–Crippen LogP) is 2.77. The van der Waals surface area contributed by atoms with Gasteiger partial charge in [0, 0.05) is 24.2 Å². The molecule has 0 saturated carbocycles. The fourth-order valence-corrected chi connectivity index (χ4v) is 1.91. The molecule has 1 amide bonds. The third-order valence-electron chi connectivity index (χ3n) is 3.19. The van der Waals surface area contributed by atoms with Gasteiger partial charge in [0.05, 0.1) is 12.5 Å². The van der Waals surface area contributed by atoms with Gasteiger partial charge in [-0.05, 0) is 43.4 Å². The van der Waals surface area contributed by atoms with E-state index in [1.54, 1.807) is 36.2 Å². The smallest absolute Gasteiger partial charge is 0.284 e. The third-order valence-corrected chi connectivity index (χ3v) is 3.36. The van der Waals surface area contributed by atoms with Crippen LogP contribution in [0.3, 0.4) is 0 Å². The summed E-state index contributed by atoms with van der Waals surface area (Å²) in [4.78, 5) is 14.0. The molecule has 108 valence electrons. The monoisotopic (exact) mass is 302 g/mol. The van der Waals surface area contributed by atoms with Gasteiger partial charge in [0.15, 0.2) is 0 Å². The summed E-state index contributed by atoms with van der Waals surface area (Å²) < 4.78 is 5.20. The summed E-state index contributed by atoms with van der Waals surface area (Å²) in [5.41, 5.74) is 1.27. The van der Waals surface area contributed by atoms with E-state index < -0.39 is 0 Å². The molecule has 0 radical (unpaired) electrons. The average molecular weight is 302 g/mol. The molecule has 21 heavy (non-hydrogen) atoms. The molecular weight excluding hydrogens is 288 g/mol. The van der Waals surface area contributed by atoms with E-state index in [0.717, 1.165) is 5.56 Å². The molecule has 1 N–H and O–H groups in total. The zero-order chi connectivity index (χ0) is 15.4. The second-order valence-electron chi connectivity index (χ2n) is 4.62. The van der Waals surface area contributed by atoms with Gasteiger partial charge in [-0.1, -0.05) is 0 Å². The lowest BCUT2D eigenvalue weighted by atomic mass is 10.1. The van der Waals surface area contributed by atoms with Crippen molar-refractivity contribution in [3.8, 4) is 17.5 Å². The Morgan fingerprint density at radius 1 is 1.52 bits per heavy atom. The van der Waals surface area contributed by atoms with Gasteiger partial charge in [-0.15, -0.1) is 5.10 Å². The standard InChI is InChI=1S/C14H14N4O2S/c1-9(7-8-15)18(2)13(19)11-5-3-10(4-6-11)12-16-17-14(21)20-12/h3-6,9H,7H2,1-2H3,(H,17,21). The molecule has 0 spiro atoms. The first-order chi connectivity index (χ1) is 10.0. The first-order valence-corrected chi connectivity index (χ1v) is 6.74. The molecular formula is C14H14N4O2S. The summed E-state index contributed by atoms with van der Waals surface area (Å²) in [6.45, 7) is 1.84. The fourth-order valence-electron chi connectivity index (χ4n) is 1.78. The number of benzene rings is 1. The highest BCUT2D eigenvalue weighted by atomic mass is 32.1. The lowest BCUT2D eigenvalue weighted by Gasteiger charge is -2.22. The number of nitrogens with zero attached hydrogens (tertiary/aromatic N) is 3. The maximum atomic E-state index is 12.3. The molecule has 2 aromatic rings. The lowest BCUT2D eigenvalue weighted by Crippen LogP contribution is -2.34. The Kier molecular flexibility index (Phi) is 4.50. The van der Waals surface area contributed by atoms with E-state index in [2.05, 4.69) is 16.3 Å². The van der Waals surface area contributed by atoms with Crippen molar-refractivity contribution in [3.63, 3.8) is 0 Å². The molecule has 0 bridgehead atoms. The van der Waals surface area contributed by atoms with Crippen molar-refractivity contribution in [1.82, 2.24) is 15.1 Å². The number of nitriles is 1. The molecule has 1 atom stereocenters. The Labute approximate surface area is 127 Å². The SMILES string of the molecule is CC(CC#N)N(C)C(=O)c1ccc(-c2n[nH]c(=S)o2)cc1. The number of aromatic nitrogens is 2. The Bertz CT molecular complexity index is 726. The maximum absolute atomic E-state index is 12.3. The first-order valence-electron chi connectivity index (χ1n) is 6.33. The number of nitrogens with one attached hydrogen (secondary N) is 1. The Morgan fingerprint density at radius 3 is 2.71 bits per heavy atom. The zero-order valence-electron chi connectivity index (χ0n) is 11.7. The van der Waals surface area contributed by atoms with E-state index >= 15 is 0 Å². The molecule has 0 aliphatic carbocycles. The fraction of sp³-hybridized carbons (Fsp3) is 0.286. The minimum Gasteiger partial charge on any atom is -0.409 e. The summed E-state index contributed by atoms with van der Waals surface area (Å²) in [6, 6.07) is 8.80. The van der Waals surface area contributed by atoms with Gasteiger partial charge in [0.25, 0.3) is 10.7 Å². The number of carbonyl (C=O) groups excluding carboxylic acids is 1. The summed E-state index contributed by atoms with van der Waals surface area (Å²) in [6.07, 6.45) is 0.300. The molecule has 0 saturated heterocycles. The van der Waals surface area contributed by atoms with Crippen molar-refractivity contribution >= 4 is 18.1 Å². The van der Waals surface area contributed by atoms with Gasteiger partial charge in [0.2, 0.25) is 5.89 Å². The van der Waals surface area contributed by atoms with Crippen LogP contribution in [0.4, 0.5) is 0 Å². The summed E-state index contributed by atoms with van der Waals surface area (Å²) >= 11 is 4.82. The molecule has 7 heteroatoms. The van der Waals surface area contributed by atoms with Gasteiger partial charge in [-0.3, -0.25) is 4.79 Å². The number of aromatic amines is 1. The van der Waals surface area contributed by atoms with E-state index in [0.29, 0.717) is 17.9 Å². The Hall–Kier alpha value is -2.46. The van der Waals surface area contributed by atoms with Crippen LogP contribution >= 0.6 is 12.2 Å². The van der Waals surface area contributed by atoms with E-state index in [4.69, 9.17) is 21.9 Å². The molecule has 1 heterocycles. The molecule has 1 aromatic heterocycles. The highest BCUT2D eigenvalue weighted by molar-refractivity contribution is 7.71. The van der Waals surface area contributed by atoms with Crippen LogP contribution in [0.25, 0.3) is 11.5 Å². The van der Waals surface area contributed by atoms with Crippen LogP contribution in [0.5, 0.6) is 0 Å². The summed E-state index contributed by atoms with van der Waals surface area (Å²) in [7, 11) is 1.69. The molecule has 6 nitrogen and oxygen atoms in total. The van der Waals surface area contributed by atoms with Crippen molar-refractivity contribution < 1.29 is 9.21 Å². The topological polar surface area (TPSA) is 85.9 Å². The molecule has 0 aliphatic heterocycles. The van der Waals surface area contributed by atoms with Crippen molar-refractivity contribution in [3.05, 3.63) is 34.7 Å². The van der Waals surface area contributed by atoms with Crippen molar-refractivity contribution in [1.29, 1.82) is 5.26 Å². The van der Waals surface area contributed by atoms with E-state index in [1.165, 1.54) is 0 Å². The third kappa shape index (κ3) is 3.35. The molecule has 1 aromatic carbocycles. The van der Waals surface area contributed by atoms with Gasteiger partial charge in [-0.25, -0.2) is 5.10 Å². The largest absolute Gasteiger partial charge is 0.409 e. The van der Waals surface area contributed by atoms with Gasteiger partial charge in [0.1, 0.15) is 0 Å². The summed E-state index contributed by atoms with van der Waals surface area (Å²) in [5, 5.41) is 15.2. The maximum Gasteiger partial charge on any atom is 0.284 e. The van der Waals surface area contributed by atoms with E-state index in [9.17, 15) is 4.79 Å². The molecule has 2 rings (SSSR count). The van der Waals surface area contributed by atoms with Gasteiger partial charge in [-0.2, -0.15) is 5.26 Å². The highest BCUT2D eigenvalue weighted by Gasteiger charge is 2.17. The van der Waals surface area contributed by atoms with E-state index in [1.807, 2.05) is 6.92 Å². The lowest BCUT2D eigenvalue weighted by molar-refractivity contribution is 0.0746. The van der Waals surface area contributed by atoms with Crippen LogP contribution in [-0.4, -0.2) is 34.1 Å². The number of hydrogen-bond donors (Lipinski definition) is 1. The molecule has 1 unspecified atom stereocenters. The van der Waals surface area contributed by atoms with Crippen molar-refractivity contribution in [2.75, 3.05) is 7.05 Å². The van der Waals surface area contributed by atoms with Crippen LogP contribution in [0, 0.1) is 16.2 Å². The number of rotatable bonds is 4. The number of hydrogen-bond acceptors (Lipinski definition) is 5. The Balaban J connectivity index is 2.17. The quantitative estimate of drug-likeness (QED) is 0.878. The normalized spacial score (nSPS) is 11.7. The van der Waals surface area contributed by atoms with Gasteiger partial charge >= 0.3 is 0 Å². The predicted molar refractivity (Wildman–Crippen MR) is 78.9 cm³/mol. The number of H-pyrrole nitrogens is 1. The number of amides is 1. The number of carbonyl (C=O) groups is 1. The second-order valence-corrected chi connectivity index (χ2v) is 4.99. The highest BCUT2D eigenvalue weighted by Crippen LogP contribution is 2.18. The van der Waals surface area contributed by atoms with Crippen molar-refractivity contribution in [2.24, 2.45) is 0 Å². The van der Waals surface area contributed by atoms with Crippen LogP contribution in [0.15, 0.2) is 28.7 Å². The van der Waals surface area contributed by atoms with Crippen LogP contribution in [0.2, 0.25) is 0 Å². The van der Waals surface area contributed by atoms with E-state index in [-0.39, 0.29) is 16.8 Å². The van der Waals surface area contributed by atoms with Gasteiger partial charge < -0.3 is 9.32 Å². The minimum atomic E-state index is -0.133. The van der Waals surface area contributed by atoms with Crippen LogP contribution < -0.4 is 0 Å².